The van der Waals surface area contributed by atoms with E-state index in [0.29, 0.717) is 5.75 Å². The minimum atomic E-state index is -2.98. The van der Waals surface area contributed by atoms with Gasteiger partial charge >= 0.3 is 0 Å². The van der Waals surface area contributed by atoms with Crippen LogP contribution >= 0.6 is 0 Å². The van der Waals surface area contributed by atoms with Gasteiger partial charge in [0, 0.05) is 6.04 Å². The van der Waals surface area contributed by atoms with E-state index in [4.69, 9.17) is 0 Å². The highest BCUT2D eigenvalue weighted by atomic mass is 32.2. The fraction of sp³-hybridized carbons (Fsp3) is 1.00. The minimum Gasteiger partial charge on any atom is -0.212 e. The predicted molar refractivity (Wildman–Crippen MR) is 54.1 cm³/mol. The molecule has 1 rings (SSSR count). The third-order valence-electron chi connectivity index (χ3n) is 2.47. The van der Waals surface area contributed by atoms with E-state index >= 15 is 0 Å². The van der Waals surface area contributed by atoms with Crippen LogP contribution in [0.5, 0.6) is 0 Å². The van der Waals surface area contributed by atoms with Gasteiger partial charge in [0.15, 0.2) is 0 Å². The number of unbranched alkanes of at least 4 members (excludes halogenated alkanes) is 1. The van der Waals surface area contributed by atoms with E-state index in [1.165, 1.54) is 12.8 Å². The second kappa shape index (κ2) is 4.96. The number of hydrogen-bond acceptors (Lipinski definition) is 2. The third-order valence-corrected chi connectivity index (χ3v) is 3.99. The van der Waals surface area contributed by atoms with Crippen molar-refractivity contribution in [3.05, 3.63) is 0 Å². The highest BCUT2D eigenvalue weighted by Gasteiger charge is 2.20. The molecule has 0 spiro atoms. The second-order valence-electron chi connectivity index (χ2n) is 3.77. The first-order valence-corrected chi connectivity index (χ1v) is 6.79. The average molecular weight is 205 g/mol. The minimum absolute atomic E-state index is 0.224. The van der Waals surface area contributed by atoms with Crippen molar-refractivity contribution in [2.24, 2.45) is 0 Å². The van der Waals surface area contributed by atoms with Gasteiger partial charge in [0.25, 0.3) is 0 Å². The van der Waals surface area contributed by atoms with E-state index in [0.717, 1.165) is 25.7 Å². The number of sulfonamides is 1. The quantitative estimate of drug-likeness (QED) is 0.741. The van der Waals surface area contributed by atoms with Gasteiger partial charge in [-0.25, -0.2) is 13.1 Å². The van der Waals surface area contributed by atoms with E-state index in [1.807, 2.05) is 6.92 Å². The Balaban J connectivity index is 2.32. The van der Waals surface area contributed by atoms with Gasteiger partial charge in [0.2, 0.25) is 10.0 Å². The van der Waals surface area contributed by atoms with Crippen LogP contribution in [0.15, 0.2) is 0 Å². The molecular formula is C9H19NO2S. The van der Waals surface area contributed by atoms with E-state index in [2.05, 4.69) is 4.72 Å². The normalized spacial score (nSPS) is 19.5. The van der Waals surface area contributed by atoms with E-state index in [-0.39, 0.29) is 6.04 Å². The van der Waals surface area contributed by atoms with Gasteiger partial charge in [-0.1, -0.05) is 26.2 Å². The summed E-state index contributed by atoms with van der Waals surface area (Å²) in [4.78, 5) is 0. The Kier molecular flexibility index (Phi) is 4.19. The van der Waals surface area contributed by atoms with Crippen LogP contribution in [-0.4, -0.2) is 20.2 Å². The Morgan fingerprint density at radius 3 is 2.46 bits per heavy atom. The summed E-state index contributed by atoms with van der Waals surface area (Å²) in [5, 5.41) is 0. The van der Waals surface area contributed by atoms with Gasteiger partial charge in [-0.3, -0.25) is 0 Å². The highest BCUT2D eigenvalue weighted by molar-refractivity contribution is 7.89. The van der Waals surface area contributed by atoms with Crippen molar-refractivity contribution in [1.29, 1.82) is 0 Å². The molecule has 78 valence electrons. The topological polar surface area (TPSA) is 46.2 Å². The van der Waals surface area contributed by atoms with Crippen LogP contribution in [0.4, 0.5) is 0 Å². The molecule has 0 aromatic carbocycles. The van der Waals surface area contributed by atoms with Crippen molar-refractivity contribution in [2.75, 3.05) is 5.75 Å². The SMILES string of the molecule is CCCCS(=O)(=O)NC1CCCC1. The largest absolute Gasteiger partial charge is 0.212 e. The zero-order valence-corrected chi connectivity index (χ0v) is 9.07. The monoisotopic (exact) mass is 205 g/mol. The fourth-order valence-electron chi connectivity index (χ4n) is 1.69. The summed E-state index contributed by atoms with van der Waals surface area (Å²) in [6, 6.07) is 0.224. The first-order valence-electron chi connectivity index (χ1n) is 5.14. The van der Waals surface area contributed by atoms with E-state index in [9.17, 15) is 8.42 Å². The number of nitrogens with one attached hydrogen (secondary N) is 1. The Hall–Kier alpha value is -0.0900. The standard InChI is InChI=1S/C9H19NO2S/c1-2-3-8-13(11,12)10-9-6-4-5-7-9/h9-10H,2-8H2,1H3. The van der Waals surface area contributed by atoms with Crippen molar-refractivity contribution in [2.45, 2.75) is 51.5 Å². The molecule has 13 heavy (non-hydrogen) atoms. The van der Waals surface area contributed by atoms with Gasteiger partial charge in [-0.05, 0) is 19.3 Å². The molecule has 0 amide bonds. The molecule has 1 aliphatic carbocycles. The van der Waals surface area contributed by atoms with Crippen molar-refractivity contribution >= 4 is 10.0 Å². The zero-order chi connectivity index (χ0) is 9.73. The maximum Gasteiger partial charge on any atom is 0.211 e. The lowest BCUT2D eigenvalue weighted by Gasteiger charge is -2.11. The van der Waals surface area contributed by atoms with Crippen LogP contribution in [-0.2, 0) is 10.0 Å². The molecule has 1 fully saturated rings. The molecule has 1 saturated carbocycles. The van der Waals surface area contributed by atoms with Crippen LogP contribution < -0.4 is 4.72 Å². The zero-order valence-electron chi connectivity index (χ0n) is 8.25. The lowest BCUT2D eigenvalue weighted by atomic mass is 10.3. The van der Waals surface area contributed by atoms with E-state index < -0.39 is 10.0 Å². The molecule has 3 nitrogen and oxygen atoms in total. The Morgan fingerprint density at radius 2 is 1.92 bits per heavy atom. The van der Waals surface area contributed by atoms with Crippen LogP contribution in [0.25, 0.3) is 0 Å². The third kappa shape index (κ3) is 4.09. The fourth-order valence-corrected chi connectivity index (χ4v) is 3.22. The smallest absolute Gasteiger partial charge is 0.211 e. The van der Waals surface area contributed by atoms with E-state index in [1.54, 1.807) is 0 Å². The lowest BCUT2D eigenvalue weighted by molar-refractivity contribution is 0.549. The van der Waals surface area contributed by atoms with Crippen LogP contribution in [0.2, 0.25) is 0 Å². The molecule has 0 heterocycles. The molecule has 0 aromatic rings. The maximum atomic E-state index is 11.4. The number of hydrogen-bond donors (Lipinski definition) is 1. The summed E-state index contributed by atoms with van der Waals surface area (Å²) >= 11 is 0. The average Bonchev–Trinajstić information content (AvgIpc) is 2.52. The molecule has 4 heteroatoms. The Bertz CT molecular complexity index is 230. The molecule has 0 aliphatic heterocycles. The van der Waals surface area contributed by atoms with Gasteiger partial charge < -0.3 is 0 Å². The summed E-state index contributed by atoms with van der Waals surface area (Å²) in [6.07, 6.45) is 6.08. The molecule has 1 aliphatic rings. The van der Waals surface area contributed by atoms with Crippen molar-refractivity contribution < 1.29 is 8.42 Å². The van der Waals surface area contributed by atoms with Crippen molar-refractivity contribution in [1.82, 2.24) is 4.72 Å². The van der Waals surface area contributed by atoms with Gasteiger partial charge in [0.1, 0.15) is 0 Å². The van der Waals surface area contributed by atoms with Gasteiger partial charge in [-0.2, -0.15) is 0 Å². The highest BCUT2D eigenvalue weighted by Crippen LogP contribution is 2.18. The first kappa shape index (κ1) is 11.0. The molecule has 0 atom stereocenters. The second-order valence-corrected chi connectivity index (χ2v) is 5.65. The molecular weight excluding hydrogens is 186 g/mol. The first-order chi connectivity index (χ1) is 6.14. The Morgan fingerprint density at radius 1 is 1.31 bits per heavy atom. The molecule has 0 radical (unpaired) electrons. The molecule has 0 saturated heterocycles. The predicted octanol–water partition coefficient (Wildman–Crippen LogP) is 1.65. The summed E-state index contributed by atoms with van der Waals surface area (Å²) in [7, 11) is -2.98. The molecule has 1 N–H and O–H groups in total. The molecule has 0 aromatic heterocycles. The molecule has 0 unspecified atom stereocenters. The summed E-state index contributed by atoms with van der Waals surface area (Å²) in [5.74, 6) is 0.292. The van der Waals surface area contributed by atoms with Crippen molar-refractivity contribution in [3.8, 4) is 0 Å². The lowest BCUT2D eigenvalue weighted by Crippen LogP contribution is -2.34. The summed E-state index contributed by atoms with van der Waals surface area (Å²) in [6.45, 7) is 2.01. The summed E-state index contributed by atoms with van der Waals surface area (Å²) < 4.78 is 25.6. The van der Waals surface area contributed by atoms with Gasteiger partial charge in [0.05, 0.1) is 5.75 Å². The van der Waals surface area contributed by atoms with Crippen LogP contribution in [0.1, 0.15) is 45.4 Å². The maximum absolute atomic E-state index is 11.4. The van der Waals surface area contributed by atoms with Crippen molar-refractivity contribution in [3.63, 3.8) is 0 Å². The summed E-state index contributed by atoms with van der Waals surface area (Å²) in [5.41, 5.74) is 0. The van der Waals surface area contributed by atoms with Crippen LogP contribution in [0.3, 0.4) is 0 Å². The van der Waals surface area contributed by atoms with Gasteiger partial charge in [-0.15, -0.1) is 0 Å². The molecule has 0 bridgehead atoms. The van der Waals surface area contributed by atoms with Crippen LogP contribution in [0, 0.1) is 0 Å². The number of rotatable bonds is 5. The Labute approximate surface area is 81.0 Å².